The molecule has 0 aliphatic carbocycles. The topological polar surface area (TPSA) is 12.0 Å². The van der Waals surface area contributed by atoms with Crippen LogP contribution in [0.25, 0.3) is 0 Å². The van der Waals surface area contributed by atoms with Crippen LogP contribution >= 0.6 is 0 Å². The second-order valence-electron chi connectivity index (χ2n) is 2.98. The summed E-state index contributed by atoms with van der Waals surface area (Å²) in [6.07, 6.45) is 1.06. The molecule has 0 amide bonds. The molecule has 1 nitrogen and oxygen atoms in total. The first kappa shape index (κ1) is 7.55. The smallest absolute Gasteiger partial charge is 0.00175 e. The summed E-state index contributed by atoms with van der Waals surface area (Å²) in [6.45, 7) is 12.3. The van der Waals surface area contributed by atoms with Crippen LogP contribution in [0, 0.1) is 5.92 Å². The largest absolute Gasteiger partial charge is 0.316 e. The summed E-state index contributed by atoms with van der Waals surface area (Å²) >= 11 is 0. The maximum Gasteiger partial charge on any atom is 0.00175 e. The summed E-state index contributed by atoms with van der Waals surface area (Å²) < 4.78 is 0. The fourth-order valence-electron chi connectivity index (χ4n) is 1.19. The van der Waals surface area contributed by atoms with Crippen molar-refractivity contribution in [3.8, 4) is 0 Å². The van der Waals surface area contributed by atoms with Crippen molar-refractivity contribution in [3.05, 3.63) is 24.3 Å². The summed E-state index contributed by atoms with van der Waals surface area (Å²) in [5.41, 5.74) is 2.45. The molecule has 1 N–H and O–H groups in total. The molecule has 1 aliphatic rings. The van der Waals surface area contributed by atoms with Crippen molar-refractivity contribution in [2.45, 2.75) is 13.3 Å². The van der Waals surface area contributed by atoms with Gasteiger partial charge in [0, 0.05) is 6.54 Å². The molecule has 1 unspecified atom stereocenters. The van der Waals surface area contributed by atoms with Gasteiger partial charge in [-0.15, -0.1) is 0 Å². The molecule has 0 radical (unpaired) electrons. The molecular weight excluding hydrogens is 122 g/mol. The highest BCUT2D eigenvalue weighted by Gasteiger charge is 2.12. The van der Waals surface area contributed by atoms with Gasteiger partial charge in [-0.05, 0) is 24.5 Å². The molecule has 1 fully saturated rings. The molecule has 0 aromatic carbocycles. The fourth-order valence-corrected chi connectivity index (χ4v) is 1.19. The van der Waals surface area contributed by atoms with Crippen LogP contribution in [0.5, 0.6) is 0 Å². The van der Waals surface area contributed by atoms with E-state index in [1.807, 2.05) is 0 Å². The van der Waals surface area contributed by atoms with Crippen LogP contribution in [0.1, 0.15) is 13.3 Å². The molecule has 1 atom stereocenters. The van der Waals surface area contributed by atoms with Crippen molar-refractivity contribution >= 4 is 0 Å². The highest BCUT2D eigenvalue weighted by atomic mass is 14.9. The third kappa shape index (κ3) is 1.48. The first-order chi connectivity index (χ1) is 4.72. The van der Waals surface area contributed by atoms with Crippen molar-refractivity contribution in [2.75, 3.05) is 13.1 Å². The number of hydrogen-bond donors (Lipinski definition) is 1. The Morgan fingerprint density at radius 1 is 1.50 bits per heavy atom. The summed E-state index contributed by atoms with van der Waals surface area (Å²) in [5.74, 6) is 0.565. The van der Waals surface area contributed by atoms with Crippen LogP contribution in [0.4, 0.5) is 0 Å². The van der Waals surface area contributed by atoms with Crippen LogP contribution < -0.4 is 5.32 Å². The SMILES string of the molecule is C=C1CCNCC(C)C1=C. The van der Waals surface area contributed by atoms with E-state index in [9.17, 15) is 0 Å². The van der Waals surface area contributed by atoms with Gasteiger partial charge in [0.05, 0.1) is 0 Å². The molecule has 0 aromatic heterocycles. The van der Waals surface area contributed by atoms with Gasteiger partial charge in [0.15, 0.2) is 0 Å². The van der Waals surface area contributed by atoms with Gasteiger partial charge in [-0.25, -0.2) is 0 Å². The molecule has 56 valence electrons. The van der Waals surface area contributed by atoms with Crippen molar-refractivity contribution in [1.82, 2.24) is 5.32 Å². The predicted molar refractivity (Wildman–Crippen MR) is 44.9 cm³/mol. The van der Waals surface area contributed by atoms with E-state index >= 15 is 0 Å². The summed E-state index contributed by atoms with van der Waals surface area (Å²) in [4.78, 5) is 0. The highest BCUT2D eigenvalue weighted by Crippen LogP contribution is 2.20. The summed E-state index contributed by atoms with van der Waals surface area (Å²) in [6, 6.07) is 0. The molecule has 0 aromatic rings. The van der Waals surface area contributed by atoms with E-state index in [2.05, 4.69) is 25.4 Å². The lowest BCUT2D eigenvalue weighted by atomic mass is 9.96. The second kappa shape index (κ2) is 3.02. The van der Waals surface area contributed by atoms with E-state index in [4.69, 9.17) is 0 Å². The minimum atomic E-state index is 0.565. The Hall–Kier alpha value is -0.560. The number of nitrogens with one attached hydrogen (secondary N) is 1. The van der Waals surface area contributed by atoms with Crippen molar-refractivity contribution in [2.24, 2.45) is 5.92 Å². The fraction of sp³-hybridized carbons (Fsp3) is 0.556. The molecule has 1 aliphatic heterocycles. The molecule has 0 bridgehead atoms. The molecule has 1 saturated heterocycles. The predicted octanol–water partition coefficient (Wildman–Crippen LogP) is 1.73. The van der Waals surface area contributed by atoms with Gasteiger partial charge in [0.2, 0.25) is 0 Å². The molecule has 0 saturated carbocycles. The van der Waals surface area contributed by atoms with Crippen molar-refractivity contribution in [1.29, 1.82) is 0 Å². The molecular formula is C9H15N. The maximum absolute atomic E-state index is 4.00. The van der Waals surface area contributed by atoms with Crippen LogP contribution in [0.15, 0.2) is 24.3 Å². The zero-order valence-corrected chi connectivity index (χ0v) is 6.61. The van der Waals surface area contributed by atoms with Crippen LogP contribution in [0.2, 0.25) is 0 Å². The Labute approximate surface area is 62.8 Å². The quantitative estimate of drug-likeness (QED) is 0.536. The second-order valence-corrected chi connectivity index (χ2v) is 2.98. The van der Waals surface area contributed by atoms with E-state index < -0.39 is 0 Å². The Balaban J connectivity index is 2.64. The molecule has 1 heterocycles. The van der Waals surface area contributed by atoms with Crippen molar-refractivity contribution in [3.63, 3.8) is 0 Å². The van der Waals surface area contributed by atoms with Gasteiger partial charge in [0.25, 0.3) is 0 Å². The Kier molecular flexibility index (Phi) is 2.28. The summed E-state index contributed by atoms with van der Waals surface area (Å²) in [7, 11) is 0. The first-order valence-electron chi connectivity index (χ1n) is 3.79. The van der Waals surface area contributed by atoms with Gasteiger partial charge in [-0.3, -0.25) is 0 Å². The van der Waals surface area contributed by atoms with Crippen molar-refractivity contribution < 1.29 is 0 Å². The Bertz CT molecular complexity index is 158. The lowest BCUT2D eigenvalue weighted by Crippen LogP contribution is -2.18. The third-order valence-corrected chi connectivity index (χ3v) is 2.10. The van der Waals surface area contributed by atoms with Gasteiger partial charge < -0.3 is 5.32 Å². The lowest BCUT2D eigenvalue weighted by Gasteiger charge is -2.10. The normalized spacial score (nSPS) is 28.3. The average Bonchev–Trinajstić information content (AvgIpc) is 2.04. The monoisotopic (exact) mass is 137 g/mol. The van der Waals surface area contributed by atoms with E-state index in [0.29, 0.717) is 5.92 Å². The first-order valence-corrected chi connectivity index (χ1v) is 3.79. The minimum absolute atomic E-state index is 0.565. The lowest BCUT2D eigenvalue weighted by molar-refractivity contribution is 0.612. The van der Waals surface area contributed by atoms with Crippen LogP contribution in [-0.4, -0.2) is 13.1 Å². The zero-order valence-electron chi connectivity index (χ0n) is 6.61. The zero-order chi connectivity index (χ0) is 7.56. The average molecular weight is 137 g/mol. The Morgan fingerprint density at radius 3 is 2.90 bits per heavy atom. The Morgan fingerprint density at radius 2 is 2.20 bits per heavy atom. The van der Waals surface area contributed by atoms with Gasteiger partial charge >= 0.3 is 0 Å². The molecule has 1 rings (SSSR count). The number of rotatable bonds is 0. The van der Waals surface area contributed by atoms with Crippen LogP contribution in [-0.2, 0) is 0 Å². The van der Waals surface area contributed by atoms with Gasteiger partial charge in [-0.1, -0.05) is 25.7 Å². The standard InChI is InChI=1S/C9H15N/c1-7-4-5-10-6-8(2)9(7)3/h8,10H,1,3-6H2,2H3. The van der Waals surface area contributed by atoms with Gasteiger partial charge in [0.1, 0.15) is 0 Å². The third-order valence-electron chi connectivity index (χ3n) is 2.10. The molecule has 0 spiro atoms. The summed E-state index contributed by atoms with van der Waals surface area (Å²) in [5, 5.41) is 3.34. The minimum Gasteiger partial charge on any atom is -0.316 e. The van der Waals surface area contributed by atoms with Crippen LogP contribution in [0.3, 0.4) is 0 Å². The molecule has 1 heteroatoms. The highest BCUT2D eigenvalue weighted by molar-refractivity contribution is 5.28. The maximum atomic E-state index is 4.00. The molecule has 10 heavy (non-hydrogen) atoms. The van der Waals surface area contributed by atoms with E-state index in [0.717, 1.165) is 19.5 Å². The van der Waals surface area contributed by atoms with E-state index in [1.54, 1.807) is 0 Å². The van der Waals surface area contributed by atoms with E-state index in [1.165, 1.54) is 11.1 Å². The van der Waals surface area contributed by atoms with Gasteiger partial charge in [-0.2, -0.15) is 0 Å². The van der Waals surface area contributed by atoms with E-state index in [-0.39, 0.29) is 0 Å². The number of hydrogen-bond acceptors (Lipinski definition) is 1.